The van der Waals surface area contributed by atoms with Gasteiger partial charge in [0, 0.05) is 16.5 Å². The van der Waals surface area contributed by atoms with E-state index in [4.69, 9.17) is 18.7 Å². The normalized spacial score (nSPS) is 12.3. The Labute approximate surface area is 164 Å². The first-order chi connectivity index (χ1) is 13.8. The highest BCUT2D eigenvalue weighted by Gasteiger charge is 2.16. The molecule has 1 aliphatic rings. The highest BCUT2D eigenvalue weighted by atomic mass is 32.1. The molecule has 0 aliphatic carbocycles. The van der Waals surface area contributed by atoms with Crippen molar-refractivity contribution in [3.05, 3.63) is 58.7 Å². The molecule has 8 heteroatoms. The zero-order valence-corrected chi connectivity index (χ0v) is 15.7. The quantitative estimate of drug-likeness (QED) is 0.503. The summed E-state index contributed by atoms with van der Waals surface area (Å²) in [6.07, 6.45) is 0.484. The van der Waals surface area contributed by atoms with E-state index in [0.717, 1.165) is 39.1 Å². The average molecular weight is 393 g/mol. The Kier molecular flexibility index (Phi) is 4.17. The summed E-state index contributed by atoms with van der Waals surface area (Å²) in [5.41, 5.74) is 2.74. The van der Waals surface area contributed by atoms with Crippen molar-refractivity contribution >= 4 is 11.3 Å². The van der Waals surface area contributed by atoms with Gasteiger partial charge in [-0.05, 0) is 42.5 Å². The van der Waals surface area contributed by atoms with Gasteiger partial charge in [0.05, 0.1) is 19.2 Å². The van der Waals surface area contributed by atoms with Crippen LogP contribution in [0, 0.1) is 0 Å². The number of rotatable bonds is 5. The summed E-state index contributed by atoms with van der Waals surface area (Å²) in [7, 11) is 1.63. The van der Waals surface area contributed by atoms with E-state index in [2.05, 4.69) is 15.1 Å². The van der Waals surface area contributed by atoms with Gasteiger partial charge in [-0.1, -0.05) is 5.16 Å². The molecule has 2 aromatic carbocycles. The zero-order valence-electron chi connectivity index (χ0n) is 14.9. The van der Waals surface area contributed by atoms with Gasteiger partial charge in [-0.15, -0.1) is 11.3 Å². The van der Waals surface area contributed by atoms with Gasteiger partial charge in [-0.25, -0.2) is 4.98 Å². The van der Waals surface area contributed by atoms with E-state index in [0.29, 0.717) is 18.1 Å². The van der Waals surface area contributed by atoms with Crippen molar-refractivity contribution in [2.24, 2.45) is 0 Å². The van der Waals surface area contributed by atoms with E-state index < -0.39 is 0 Å². The average Bonchev–Trinajstić information content (AvgIpc) is 3.48. The third-order valence-corrected chi connectivity index (χ3v) is 5.19. The number of benzene rings is 2. The fourth-order valence-electron chi connectivity index (χ4n) is 2.89. The van der Waals surface area contributed by atoms with Crippen LogP contribution in [-0.2, 0) is 6.42 Å². The third-order valence-electron chi connectivity index (χ3n) is 4.34. The van der Waals surface area contributed by atoms with Crippen LogP contribution < -0.4 is 14.2 Å². The smallest absolute Gasteiger partial charge is 0.233 e. The number of ether oxygens (including phenoxy) is 3. The lowest BCUT2D eigenvalue weighted by Gasteiger charge is -1.99. The summed E-state index contributed by atoms with van der Waals surface area (Å²) in [6.45, 7) is 0.259. The lowest BCUT2D eigenvalue weighted by Crippen LogP contribution is -1.92. The predicted molar refractivity (Wildman–Crippen MR) is 103 cm³/mol. The summed E-state index contributed by atoms with van der Waals surface area (Å²) < 4.78 is 21.3. The Bertz CT molecular complexity index is 1120. The summed E-state index contributed by atoms with van der Waals surface area (Å²) in [4.78, 5) is 9.16. The van der Waals surface area contributed by atoms with E-state index in [9.17, 15) is 0 Å². The minimum absolute atomic E-state index is 0.259. The Balaban J connectivity index is 1.33. The standard InChI is InChI=1S/C20H15N3O4S/c1-24-14-5-2-12(3-6-14)20-22-18(27-23-20)9-19-21-15(10-28-19)13-4-7-16-17(8-13)26-11-25-16/h2-8,10H,9,11H2,1H3. The monoisotopic (exact) mass is 393 g/mol. The highest BCUT2D eigenvalue weighted by molar-refractivity contribution is 7.10. The minimum atomic E-state index is 0.259. The number of aromatic nitrogens is 3. The molecule has 0 N–H and O–H groups in total. The number of fused-ring (bicyclic) bond motifs is 1. The number of methoxy groups -OCH3 is 1. The number of nitrogens with zero attached hydrogens (tertiary/aromatic N) is 3. The Morgan fingerprint density at radius 1 is 1.00 bits per heavy atom. The molecule has 2 aromatic heterocycles. The molecule has 5 rings (SSSR count). The number of hydrogen-bond donors (Lipinski definition) is 0. The topological polar surface area (TPSA) is 79.5 Å². The van der Waals surface area contributed by atoms with Crippen LogP contribution >= 0.6 is 11.3 Å². The van der Waals surface area contributed by atoms with Crippen LogP contribution in [0.15, 0.2) is 52.4 Å². The second-order valence-corrected chi connectivity index (χ2v) is 7.05. The van der Waals surface area contributed by atoms with Gasteiger partial charge in [-0.2, -0.15) is 4.98 Å². The SMILES string of the molecule is COc1ccc(-c2noc(Cc3nc(-c4ccc5c(c4)OCO5)cs3)n2)cc1. The Morgan fingerprint density at radius 3 is 2.68 bits per heavy atom. The molecule has 28 heavy (non-hydrogen) atoms. The number of thiazole rings is 1. The van der Waals surface area contributed by atoms with Crippen LogP contribution in [0.2, 0.25) is 0 Å². The molecule has 1 aliphatic heterocycles. The first-order valence-electron chi connectivity index (χ1n) is 8.60. The van der Waals surface area contributed by atoms with Gasteiger partial charge in [0.25, 0.3) is 0 Å². The number of hydrogen-bond acceptors (Lipinski definition) is 8. The molecule has 0 unspecified atom stereocenters. The van der Waals surface area contributed by atoms with Crippen LogP contribution in [0.1, 0.15) is 10.9 Å². The van der Waals surface area contributed by atoms with Crippen LogP contribution in [0.5, 0.6) is 17.2 Å². The second-order valence-electron chi connectivity index (χ2n) is 6.11. The van der Waals surface area contributed by atoms with Gasteiger partial charge in [0.2, 0.25) is 18.5 Å². The largest absolute Gasteiger partial charge is 0.497 e. The Hall–Kier alpha value is -3.39. The van der Waals surface area contributed by atoms with Crippen molar-refractivity contribution in [3.63, 3.8) is 0 Å². The maximum atomic E-state index is 5.43. The molecule has 3 heterocycles. The molecule has 7 nitrogen and oxygen atoms in total. The van der Waals surface area contributed by atoms with Crippen molar-refractivity contribution < 1.29 is 18.7 Å². The maximum Gasteiger partial charge on any atom is 0.233 e. The molecule has 0 atom stereocenters. The van der Waals surface area contributed by atoms with E-state index >= 15 is 0 Å². The van der Waals surface area contributed by atoms with Crippen LogP contribution in [0.3, 0.4) is 0 Å². The summed E-state index contributed by atoms with van der Waals surface area (Å²) >= 11 is 1.56. The molecule has 0 fully saturated rings. The van der Waals surface area contributed by atoms with E-state index in [1.807, 2.05) is 47.8 Å². The molecule has 0 saturated heterocycles. The fraction of sp³-hybridized carbons (Fsp3) is 0.150. The van der Waals surface area contributed by atoms with Crippen molar-refractivity contribution in [2.45, 2.75) is 6.42 Å². The fourth-order valence-corrected chi connectivity index (χ4v) is 3.69. The Morgan fingerprint density at radius 2 is 1.82 bits per heavy atom. The van der Waals surface area contributed by atoms with Crippen molar-refractivity contribution in [2.75, 3.05) is 13.9 Å². The minimum Gasteiger partial charge on any atom is -0.497 e. The molecular weight excluding hydrogens is 378 g/mol. The van der Waals surface area contributed by atoms with Gasteiger partial charge in [0.1, 0.15) is 10.8 Å². The first-order valence-corrected chi connectivity index (χ1v) is 9.48. The summed E-state index contributed by atoms with van der Waals surface area (Å²) in [6, 6.07) is 13.3. The zero-order chi connectivity index (χ0) is 18.9. The molecule has 0 radical (unpaired) electrons. The van der Waals surface area contributed by atoms with Gasteiger partial charge in [-0.3, -0.25) is 0 Å². The van der Waals surface area contributed by atoms with E-state index in [1.54, 1.807) is 18.4 Å². The summed E-state index contributed by atoms with van der Waals surface area (Å²) in [5, 5.41) is 6.97. The van der Waals surface area contributed by atoms with Gasteiger partial charge in [0.15, 0.2) is 11.5 Å². The molecule has 4 aromatic rings. The van der Waals surface area contributed by atoms with Crippen LogP contribution in [0.4, 0.5) is 0 Å². The maximum absolute atomic E-state index is 5.43. The van der Waals surface area contributed by atoms with Crippen molar-refractivity contribution in [3.8, 4) is 39.9 Å². The third kappa shape index (κ3) is 3.18. The van der Waals surface area contributed by atoms with E-state index in [1.165, 1.54) is 0 Å². The van der Waals surface area contributed by atoms with Crippen molar-refractivity contribution in [1.29, 1.82) is 0 Å². The molecule has 140 valence electrons. The molecular formula is C20H15N3O4S. The lowest BCUT2D eigenvalue weighted by atomic mass is 10.1. The molecule has 0 spiro atoms. The van der Waals surface area contributed by atoms with Crippen molar-refractivity contribution in [1.82, 2.24) is 15.1 Å². The van der Waals surface area contributed by atoms with E-state index in [-0.39, 0.29) is 6.79 Å². The van der Waals surface area contributed by atoms with Crippen LogP contribution in [-0.4, -0.2) is 29.0 Å². The van der Waals surface area contributed by atoms with Gasteiger partial charge >= 0.3 is 0 Å². The molecule has 0 saturated carbocycles. The highest BCUT2D eigenvalue weighted by Crippen LogP contribution is 2.36. The molecule has 0 bridgehead atoms. The summed E-state index contributed by atoms with van der Waals surface area (Å²) in [5.74, 6) is 3.36. The lowest BCUT2D eigenvalue weighted by molar-refractivity contribution is 0.174. The first kappa shape index (κ1) is 16.8. The van der Waals surface area contributed by atoms with Gasteiger partial charge < -0.3 is 18.7 Å². The van der Waals surface area contributed by atoms with Crippen LogP contribution in [0.25, 0.3) is 22.6 Å². The second kappa shape index (κ2) is 6.97. The molecule has 0 amide bonds. The predicted octanol–water partition coefficient (Wildman–Crippen LogP) is 4.19.